The Hall–Kier alpha value is -3.08. The molecular weight excluding hydrogens is 531 g/mol. The number of hydrogen-bond acceptors (Lipinski definition) is 10. The number of benzene rings is 2. The number of rotatable bonds is 10. The van der Waals surface area contributed by atoms with Crippen molar-refractivity contribution in [3.63, 3.8) is 0 Å². The first-order chi connectivity index (χ1) is 17.7. The zero-order chi connectivity index (χ0) is 28.1. The summed E-state index contributed by atoms with van der Waals surface area (Å²) in [7, 11) is -4.05. The second-order valence-electron chi connectivity index (χ2n) is 9.62. The van der Waals surface area contributed by atoms with E-state index in [9.17, 15) is 19.4 Å². The van der Waals surface area contributed by atoms with Crippen molar-refractivity contribution in [2.45, 2.75) is 53.9 Å². The number of nitrogens with zero attached hydrogens (tertiary/aromatic N) is 1. The fourth-order valence-electron chi connectivity index (χ4n) is 3.02. The van der Waals surface area contributed by atoms with Crippen LogP contribution < -0.4 is 20.1 Å². The molecule has 0 aliphatic rings. The minimum atomic E-state index is -4.05. The van der Waals surface area contributed by atoms with Crippen molar-refractivity contribution < 1.29 is 38.1 Å². The minimum Gasteiger partial charge on any atom is -0.491 e. The molecule has 0 aliphatic heterocycles. The molecule has 0 bridgehead atoms. The van der Waals surface area contributed by atoms with Crippen molar-refractivity contribution in [1.29, 1.82) is 0 Å². The number of ether oxygens (including phenoxy) is 3. The second kappa shape index (κ2) is 12.2. The van der Waals surface area contributed by atoms with Gasteiger partial charge in [-0.25, -0.2) is 4.98 Å². The lowest BCUT2D eigenvalue weighted by molar-refractivity contribution is -0.171. The van der Waals surface area contributed by atoms with Gasteiger partial charge in [-0.2, -0.15) is 9.79 Å². The number of esters is 1. The molecule has 1 heterocycles. The van der Waals surface area contributed by atoms with E-state index < -0.39 is 25.6 Å². The highest BCUT2D eigenvalue weighted by Crippen LogP contribution is 2.51. The van der Waals surface area contributed by atoms with Crippen LogP contribution in [0.2, 0.25) is 0 Å². The molecule has 1 unspecified atom stereocenters. The van der Waals surface area contributed by atoms with E-state index in [0.717, 1.165) is 0 Å². The first kappa shape index (κ1) is 29.5. The highest BCUT2D eigenvalue weighted by atomic mass is 32.1. The molecule has 1 atom stereocenters. The molecule has 3 rings (SSSR count). The van der Waals surface area contributed by atoms with Crippen LogP contribution in [0.4, 0.5) is 5.13 Å². The van der Waals surface area contributed by atoms with Crippen LogP contribution in [0.3, 0.4) is 0 Å². The average Bonchev–Trinajstić information content (AvgIpc) is 3.30. The van der Waals surface area contributed by atoms with E-state index >= 15 is 0 Å². The summed E-state index contributed by atoms with van der Waals surface area (Å²) in [6.07, 6.45) is 0.297. The van der Waals surface area contributed by atoms with Gasteiger partial charge in [-0.15, -0.1) is 15.9 Å². The van der Waals surface area contributed by atoms with Crippen molar-refractivity contribution in [3.8, 4) is 17.2 Å². The van der Waals surface area contributed by atoms with Crippen LogP contribution in [0, 0.1) is 5.41 Å². The van der Waals surface area contributed by atoms with Gasteiger partial charge in [0.05, 0.1) is 11.5 Å². The molecule has 1 amide bonds. The Kier molecular flexibility index (Phi) is 9.45. The van der Waals surface area contributed by atoms with Gasteiger partial charge < -0.3 is 14.2 Å². The maximum Gasteiger partial charge on any atom is 0.447 e. The highest BCUT2D eigenvalue weighted by Gasteiger charge is 2.43. The predicted octanol–water partition coefficient (Wildman–Crippen LogP) is 5.30. The lowest BCUT2D eigenvalue weighted by Crippen LogP contribution is -2.29. The molecule has 0 fully saturated rings. The monoisotopic (exact) mass is 563 g/mol. The van der Waals surface area contributed by atoms with E-state index in [1.165, 1.54) is 42.5 Å². The number of nitrogens with one attached hydrogen (secondary N) is 1. The topological polar surface area (TPSA) is 136 Å². The predicted molar refractivity (Wildman–Crippen MR) is 146 cm³/mol. The zero-order valence-corrected chi connectivity index (χ0v) is 23.7. The lowest BCUT2D eigenvalue weighted by atomic mass is 9.97. The number of carbonyl (C=O) groups is 2. The summed E-state index contributed by atoms with van der Waals surface area (Å²) in [5.41, 5.74) is -0.450. The Morgan fingerprint density at radius 1 is 1.00 bits per heavy atom. The van der Waals surface area contributed by atoms with E-state index in [1.807, 2.05) is 13.8 Å². The van der Waals surface area contributed by atoms with Crippen LogP contribution >= 0.6 is 19.3 Å². The minimum absolute atomic E-state index is 0.101. The summed E-state index contributed by atoms with van der Waals surface area (Å²) < 4.78 is 22.1. The van der Waals surface area contributed by atoms with Gasteiger partial charge >= 0.3 is 13.9 Å². The van der Waals surface area contributed by atoms with Gasteiger partial charge in [-0.3, -0.25) is 14.9 Å². The molecule has 1 aromatic heterocycles. The van der Waals surface area contributed by atoms with E-state index in [2.05, 4.69) is 10.3 Å². The smallest absolute Gasteiger partial charge is 0.447 e. The summed E-state index contributed by atoms with van der Waals surface area (Å²) >= 11 is 1.30. The fourth-order valence-corrected chi connectivity index (χ4v) is 4.66. The number of hydrogen-bond donors (Lipinski definition) is 3. The summed E-state index contributed by atoms with van der Waals surface area (Å²) in [5, 5.41) is 5.05. The van der Waals surface area contributed by atoms with Gasteiger partial charge in [0.2, 0.25) is 6.29 Å². The molecule has 0 spiro atoms. The molecule has 3 aromatic rings. The van der Waals surface area contributed by atoms with Crippen LogP contribution in [-0.4, -0.2) is 39.0 Å². The van der Waals surface area contributed by atoms with Crippen LogP contribution in [0.5, 0.6) is 17.2 Å². The second-order valence-corrected chi connectivity index (χ2v) is 12.3. The molecule has 0 saturated carbocycles. The maximum absolute atomic E-state index is 12.8. The van der Waals surface area contributed by atoms with Crippen LogP contribution in [0.15, 0.2) is 54.0 Å². The Morgan fingerprint density at radius 2 is 1.66 bits per heavy atom. The number of anilines is 1. The fraction of sp³-hybridized carbons (Fsp3) is 0.346. The van der Waals surface area contributed by atoms with Crippen molar-refractivity contribution in [3.05, 3.63) is 59.6 Å². The molecule has 204 valence electrons. The zero-order valence-electron chi connectivity index (χ0n) is 22.0. The Morgan fingerprint density at radius 3 is 2.24 bits per heavy atom. The number of carbonyl (C=O) groups excluding carboxylic acids is 2. The van der Waals surface area contributed by atoms with Gasteiger partial charge in [-0.05, 0) is 71.0 Å². The van der Waals surface area contributed by atoms with Gasteiger partial charge in [-0.1, -0.05) is 0 Å². The van der Waals surface area contributed by atoms with Gasteiger partial charge in [0.15, 0.2) is 10.4 Å². The largest absolute Gasteiger partial charge is 0.491 e. The van der Waals surface area contributed by atoms with Gasteiger partial charge in [0.25, 0.3) is 5.91 Å². The van der Waals surface area contributed by atoms with Gasteiger partial charge in [0, 0.05) is 30.1 Å². The third-order valence-electron chi connectivity index (χ3n) is 4.76. The first-order valence-corrected chi connectivity index (χ1v) is 14.3. The Labute approximate surface area is 226 Å². The molecule has 3 N–H and O–H groups in total. The number of aromatic nitrogens is 1. The van der Waals surface area contributed by atoms with Crippen molar-refractivity contribution in [2.24, 2.45) is 5.41 Å². The lowest BCUT2D eigenvalue weighted by Gasteiger charge is -2.21. The summed E-state index contributed by atoms with van der Waals surface area (Å²) in [5.74, 6) is 0.253. The third kappa shape index (κ3) is 8.47. The van der Waals surface area contributed by atoms with Crippen LogP contribution in [0.1, 0.15) is 51.9 Å². The quantitative estimate of drug-likeness (QED) is 0.171. The van der Waals surface area contributed by atoms with Crippen LogP contribution in [0.25, 0.3) is 0 Å². The van der Waals surface area contributed by atoms with Crippen molar-refractivity contribution in [2.75, 3.05) is 5.32 Å². The molecule has 0 aliphatic carbocycles. The first-order valence-electron chi connectivity index (χ1n) is 11.8. The Balaban J connectivity index is 1.74. The van der Waals surface area contributed by atoms with Crippen LogP contribution in [-0.2, 0) is 14.1 Å². The average molecular weight is 564 g/mol. The maximum atomic E-state index is 12.8. The third-order valence-corrected chi connectivity index (χ3v) is 7.01. The summed E-state index contributed by atoms with van der Waals surface area (Å²) in [6, 6.07) is 10.7. The SMILES string of the molecule is CC(C)Oc1cc(Oc2ccc([P+](O)(O)OC(C)OC(=O)C(C)(C)C)cc2)cc(C(=O)Nc2nccs2)c1. The molecule has 0 radical (unpaired) electrons. The molecular formula is C26H32N2O8PS+. The van der Waals surface area contributed by atoms with Crippen molar-refractivity contribution >= 4 is 41.6 Å². The number of amides is 1. The van der Waals surface area contributed by atoms with Gasteiger partial charge in [0.1, 0.15) is 17.2 Å². The van der Waals surface area contributed by atoms with E-state index in [-0.39, 0.29) is 17.3 Å². The molecule has 10 nitrogen and oxygen atoms in total. The normalized spacial score (nSPS) is 12.7. The summed E-state index contributed by atoms with van der Waals surface area (Å²) in [6.45, 7) is 10.2. The molecule has 38 heavy (non-hydrogen) atoms. The standard InChI is InChI=1S/C26H31N2O8PS/c1-16(2)33-20-13-18(23(29)28-25-27-11-12-38-25)14-21(15-20)35-19-7-9-22(10-8-19)37(31,32)36-17(3)34-24(30)26(4,5)6/h7-17,31-32H,1-6H3/p+1. The molecule has 0 saturated heterocycles. The Bertz CT molecular complexity index is 1240. The van der Waals surface area contributed by atoms with E-state index in [0.29, 0.717) is 27.9 Å². The highest BCUT2D eigenvalue weighted by molar-refractivity contribution is 7.67. The van der Waals surface area contributed by atoms with E-state index in [1.54, 1.807) is 50.5 Å². The summed E-state index contributed by atoms with van der Waals surface area (Å²) in [4.78, 5) is 49.9. The number of thiazole rings is 1. The van der Waals surface area contributed by atoms with Crippen molar-refractivity contribution in [1.82, 2.24) is 4.98 Å². The molecule has 12 heteroatoms. The van der Waals surface area contributed by atoms with E-state index in [4.69, 9.17) is 18.7 Å². The molecule has 2 aromatic carbocycles.